The average Bonchev–Trinajstić information content (AvgIpc) is 3.47. The Morgan fingerprint density at radius 2 is 1.82 bits per heavy atom. The normalized spacial score (nSPS) is 17.3. The Morgan fingerprint density at radius 3 is 2.64 bits per heavy atom. The van der Waals surface area contributed by atoms with Crippen LogP contribution in [0.2, 0.25) is 0 Å². The van der Waals surface area contributed by atoms with E-state index < -0.39 is 22.0 Å². The number of carbonyl (C=O) groups is 1. The largest absolute Gasteiger partial charge is 0.422 e. The number of hydrogen-bond donors (Lipinski definition) is 0. The molecule has 2 unspecified atom stereocenters. The number of alkyl halides is 1. The van der Waals surface area contributed by atoms with Crippen molar-refractivity contribution in [3.05, 3.63) is 104 Å². The first-order chi connectivity index (χ1) is 18.8. The van der Waals surface area contributed by atoms with Gasteiger partial charge in [-0.15, -0.1) is 11.6 Å². The van der Waals surface area contributed by atoms with Gasteiger partial charge in [-0.25, -0.2) is 9.78 Å². The summed E-state index contributed by atoms with van der Waals surface area (Å²) in [6.07, 6.45) is 0. The lowest BCUT2D eigenvalue weighted by Gasteiger charge is -2.44. The lowest BCUT2D eigenvalue weighted by atomic mass is 9.95. The quantitative estimate of drug-likeness (QED) is 0.0836. The van der Waals surface area contributed by atoms with E-state index in [-0.39, 0.29) is 11.6 Å². The van der Waals surface area contributed by atoms with E-state index in [1.165, 1.54) is 22.3 Å². The number of thiazole rings is 1. The van der Waals surface area contributed by atoms with Crippen molar-refractivity contribution in [3.8, 4) is 11.3 Å². The predicted molar refractivity (Wildman–Crippen MR) is 150 cm³/mol. The van der Waals surface area contributed by atoms with Gasteiger partial charge in [0.2, 0.25) is 5.91 Å². The van der Waals surface area contributed by atoms with Crippen LogP contribution >= 0.6 is 22.9 Å². The number of amides is 1. The Balaban J connectivity index is 1.50. The van der Waals surface area contributed by atoms with Crippen molar-refractivity contribution in [2.75, 3.05) is 4.90 Å². The zero-order valence-corrected chi connectivity index (χ0v) is 21.8. The molecule has 0 radical (unpaired) electrons. The summed E-state index contributed by atoms with van der Waals surface area (Å²) >= 11 is 7.96. The Bertz CT molecular complexity index is 2060. The third-order valence-corrected chi connectivity index (χ3v) is 8.59. The van der Waals surface area contributed by atoms with Crippen LogP contribution in [-0.2, 0) is 4.79 Å². The van der Waals surface area contributed by atoms with Crippen LogP contribution in [-0.4, -0.2) is 25.6 Å². The van der Waals surface area contributed by atoms with Crippen molar-refractivity contribution in [3.63, 3.8) is 0 Å². The minimum absolute atomic E-state index is 0.0977. The van der Waals surface area contributed by atoms with E-state index >= 15 is 0 Å². The van der Waals surface area contributed by atoms with Crippen LogP contribution in [0.15, 0.2) is 82.0 Å². The van der Waals surface area contributed by atoms with Crippen LogP contribution in [0.5, 0.6) is 0 Å². The highest BCUT2D eigenvalue weighted by molar-refractivity contribution is 7.17. The molecule has 39 heavy (non-hydrogen) atoms. The first-order valence-corrected chi connectivity index (χ1v) is 13.2. The number of fused-ring (bicyclic) bond motifs is 4. The second-order valence-electron chi connectivity index (χ2n) is 9.30. The molecule has 0 N–H and O–H groups in total. The molecule has 0 bridgehead atoms. The fraction of sp³-hybridized carbons (Fsp3) is 0.107. The molecular formula is C28H17ClN4O5S. The van der Waals surface area contributed by atoms with Crippen LogP contribution in [0.3, 0.4) is 0 Å². The number of anilines is 1. The molecule has 0 spiro atoms. The number of imidazole rings is 1. The number of aromatic nitrogens is 2. The van der Waals surface area contributed by atoms with Crippen molar-refractivity contribution in [2.45, 2.75) is 18.3 Å². The Labute approximate surface area is 228 Å². The zero-order chi connectivity index (χ0) is 27.0. The van der Waals surface area contributed by atoms with Gasteiger partial charge in [0.05, 0.1) is 43.8 Å². The monoisotopic (exact) mass is 556 g/mol. The lowest BCUT2D eigenvalue weighted by molar-refractivity contribution is -0.385. The maximum absolute atomic E-state index is 13.4. The van der Waals surface area contributed by atoms with E-state index in [1.807, 2.05) is 40.8 Å². The molecule has 1 aliphatic heterocycles. The number of β-lactam (4-membered cyclic amide) rings is 1. The molecule has 1 fully saturated rings. The van der Waals surface area contributed by atoms with Gasteiger partial charge in [-0.1, -0.05) is 47.7 Å². The molecule has 4 heterocycles. The van der Waals surface area contributed by atoms with E-state index in [0.717, 1.165) is 16.4 Å². The van der Waals surface area contributed by atoms with E-state index in [9.17, 15) is 19.7 Å². The van der Waals surface area contributed by atoms with Gasteiger partial charge in [0.1, 0.15) is 11.0 Å². The number of para-hydroxylation sites is 3. The number of nitrogens with zero attached hydrogens (tertiary/aromatic N) is 4. The predicted octanol–water partition coefficient (Wildman–Crippen LogP) is 6.23. The fourth-order valence-corrected chi connectivity index (χ4v) is 6.86. The number of rotatable bonds is 4. The van der Waals surface area contributed by atoms with Crippen molar-refractivity contribution >= 4 is 67.2 Å². The molecule has 0 saturated carbocycles. The molecule has 2 atom stereocenters. The highest BCUT2D eigenvalue weighted by Crippen LogP contribution is 2.49. The second kappa shape index (κ2) is 8.48. The van der Waals surface area contributed by atoms with Crippen molar-refractivity contribution in [2.24, 2.45) is 0 Å². The van der Waals surface area contributed by atoms with Gasteiger partial charge < -0.3 is 9.32 Å². The third-order valence-electron chi connectivity index (χ3n) is 7.05. The molecule has 0 aliphatic carbocycles. The van der Waals surface area contributed by atoms with Gasteiger partial charge in [0.25, 0.3) is 5.69 Å². The van der Waals surface area contributed by atoms with E-state index in [0.29, 0.717) is 37.9 Å². The summed E-state index contributed by atoms with van der Waals surface area (Å²) < 4.78 is 7.57. The van der Waals surface area contributed by atoms with E-state index in [2.05, 4.69) is 0 Å². The molecule has 6 aromatic rings. The summed E-state index contributed by atoms with van der Waals surface area (Å²) in [4.78, 5) is 45.1. The van der Waals surface area contributed by atoms with Crippen LogP contribution in [0, 0.1) is 17.0 Å². The van der Waals surface area contributed by atoms with Crippen LogP contribution in [0.25, 0.3) is 38.2 Å². The number of carbonyl (C=O) groups excluding carboxylic acids is 1. The highest BCUT2D eigenvalue weighted by atomic mass is 35.5. The summed E-state index contributed by atoms with van der Waals surface area (Å²) in [5.41, 5.74) is 3.01. The lowest BCUT2D eigenvalue weighted by Crippen LogP contribution is -2.56. The second-order valence-corrected chi connectivity index (χ2v) is 10.8. The van der Waals surface area contributed by atoms with Gasteiger partial charge >= 0.3 is 5.63 Å². The van der Waals surface area contributed by atoms with Gasteiger partial charge in [0.15, 0.2) is 4.96 Å². The zero-order valence-electron chi connectivity index (χ0n) is 20.2. The summed E-state index contributed by atoms with van der Waals surface area (Å²) in [7, 11) is 0. The molecule has 1 saturated heterocycles. The summed E-state index contributed by atoms with van der Waals surface area (Å²) in [5.74, 6) is -0.382. The van der Waals surface area contributed by atoms with E-state index in [1.54, 1.807) is 37.3 Å². The summed E-state index contributed by atoms with van der Waals surface area (Å²) in [5, 5.41) is 11.4. The van der Waals surface area contributed by atoms with Gasteiger partial charge in [0, 0.05) is 17.0 Å². The Hall–Kier alpha value is -4.54. The highest BCUT2D eigenvalue weighted by Gasteiger charge is 2.50. The Morgan fingerprint density at radius 1 is 1.05 bits per heavy atom. The van der Waals surface area contributed by atoms with Crippen molar-refractivity contribution in [1.82, 2.24) is 9.38 Å². The smallest absolute Gasteiger partial charge is 0.345 e. The summed E-state index contributed by atoms with van der Waals surface area (Å²) in [6, 6.07) is 20.5. The molecule has 9 nitrogen and oxygen atoms in total. The minimum atomic E-state index is -0.939. The van der Waals surface area contributed by atoms with Crippen molar-refractivity contribution in [1.29, 1.82) is 0 Å². The number of halogens is 1. The fourth-order valence-electron chi connectivity index (χ4n) is 5.16. The topological polar surface area (TPSA) is 111 Å². The van der Waals surface area contributed by atoms with Gasteiger partial charge in [-0.05, 0) is 37.3 Å². The van der Waals surface area contributed by atoms with Crippen molar-refractivity contribution < 1.29 is 14.1 Å². The van der Waals surface area contributed by atoms with Crippen LogP contribution in [0.4, 0.5) is 11.4 Å². The first kappa shape index (κ1) is 23.6. The SMILES string of the molecule is Cc1ccc(N2C(=O)C(Cl)C2c2sc3nc4ccccc4n3c2-c2cc3ccccc3oc2=O)cc1[N+](=O)[O-]. The molecule has 1 amide bonds. The molecule has 1 aliphatic rings. The number of hydrogen-bond acceptors (Lipinski definition) is 7. The molecule has 7 rings (SSSR count). The average molecular weight is 557 g/mol. The first-order valence-electron chi connectivity index (χ1n) is 12.0. The molecule has 3 aromatic heterocycles. The van der Waals surface area contributed by atoms with E-state index in [4.69, 9.17) is 21.0 Å². The molecular weight excluding hydrogens is 540 g/mol. The number of nitro benzene ring substituents is 1. The number of benzene rings is 3. The molecule has 192 valence electrons. The third kappa shape index (κ3) is 3.42. The number of aryl methyl sites for hydroxylation is 1. The van der Waals surface area contributed by atoms with Crippen LogP contribution in [0.1, 0.15) is 16.5 Å². The molecule has 3 aromatic carbocycles. The molecule has 11 heteroatoms. The summed E-state index contributed by atoms with van der Waals surface area (Å²) in [6.45, 7) is 1.64. The Kier molecular flexibility index (Phi) is 5.13. The minimum Gasteiger partial charge on any atom is -0.422 e. The number of nitro groups is 1. The standard InChI is InChI=1S/C28H17ClN4O5S/c1-14-10-11-16(13-20(14)33(36)37)31-24(22(29)26(31)34)25-23(17-12-15-6-2-5-9-21(15)38-27(17)35)32-19-8-4-3-7-18(19)30-28(32)39-25/h2-13,22,24H,1H3. The van der Waals surface area contributed by atoms with Crippen LogP contribution < -0.4 is 10.5 Å². The maximum Gasteiger partial charge on any atom is 0.345 e. The maximum atomic E-state index is 13.4. The van der Waals surface area contributed by atoms with Gasteiger partial charge in [-0.3, -0.25) is 19.3 Å². The van der Waals surface area contributed by atoms with Gasteiger partial charge in [-0.2, -0.15) is 0 Å².